The van der Waals surface area contributed by atoms with Gasteiger partial charge in [-0.1, -0.05) is 0 Å². The fourth-order valence-electron chi connectivity index (χ4n) is 3.02. The van der Waals surface area contributed by atoms with E-state index in [4.69, 9.17) is 0 Å². The van der Waals surface area contributed by atoms with Crippen molar-refractivity contribution in [1.29, 1.82) is 0 Å². The summed E-state index contributed by atoms with van der Waals surface area (Å²) in [5.74, 6) is 0. The first kappa shape index (κ1) is 12.7. The predicted octanol–water partition coefficient (Wildman–Crippen LogP) is 2.08. The van der Waals surface area contributed by atoms with Gasteiger partial charge in [0.05, 0.1) is 0 Å². The van der Waals surface area contributed by atoms with Crippen molar-refractivity contribution >= 4 is 18.1 Å². The van der Waals surface area contributed by atoms with Crippen LogP contribution in [-0.2, 0) is 0 Å². The van der Waals surface area contributed by atoms with E-state index in [0.29, 0.717) is 5.41 Å². The van der Waals surface area contributed by atoms with E-state index in [0.717, 1.165) is 0 Å². The molecule has 0 radical (unpaired) electrons. The van der Waals surface area contributed by atoms with Crippen molar-refractivity contribution in [2.75, 3.05) is 31.1 Å². The van der Waals surface area contributed by atoms with Gasteiger partial charge in [0.1, 0.15) is 0 Å². The summed E-state index contributed by atoms with van der Waals surface area (Å²) in [5.41, 5.74) is 1.94. The van der Waals surface area contributed by atoms with Crippen molar-refractivity contribution in [2.24, 2.45) is 5.41 Å². The highest BCUT2D eigenvalue weighted by molar-refractivity contribution is 5.85. The first-order chi connectivity index (χ1) is 7.88. The molecule has 3 nitrogen and oxygen atoms in total. The second-order valence-corrected chi connectivity index (χ2v) is 5.12. The number of nitrogens with zero attached hydrogens (tertiary/aromatic N) is 2. The normalized spacial score (nSPS) is 22.5. The molecule has 3 heterocycles. The van der Waals surface area contributed by atoms with Crippen LogP contribution in [0.25, 0.3) is 0 Å². The Kier molecular flexibility index (Phi) is 3.89. The lowest BCUT2D eigenvalue weighted by atomic mass is 9.78. The summed E-state index contributed by atoms with van der Waals surface area (Å²) < 4.78 is 0. The van der Waals surface area contributed by atoms with Gasteiger partial charge < -0.3 is 10.2 Å². The Hall–Kier alpha value is -0.800. The number of anilines is 1. The summed E-state index contributed by atoms with van der Waals surface area (Å²) >= 11 is 0. The number of piperidine rings is 1. The maximum Gasteiger partial charge on any atom is 0.0397 e. The van der Waals surface area contributed by atoms with E-state index in [1.165, 1.54) is 51.1 Å². The third kappa shape index (κ3) is 2.55. The zero-order chi connectivity index (χ0) is 10.8. The Labute approximate surface area is 109 Å². The maximum absolute atomic E-state index is 4.07. The fourth-order valence-corrected chi connectivity index (χ4v) is 3.02. The Balaban J connectivity index is 0.00000108. The van der Waals surface area contributed by atoms with E-state index >= 15 is 0 Å². The Morgan fingerprint density at radius 1 is 1.12 bits per heavy atom. The highest BCUT2D eigenvalue weighted by atomic mass is 35.5. The van der Waals surface area contributed by atoms with Crippen LogP contribution in [0.4, 0.5) is 5.69 Å². The highest BCUT2D eigenvalue weighted by Crippen LogP contribution is 2.37. The van der Waals surface area contributed by atoms with Crippen LogP contribution in [0.5, 0.6) is 0 Å². The molecule has 0 aliphatic carbocycles. The van der Waals surface area contributed by atoms with Crippen LogP contribution in [0.2, 0.25) is 0 Å². The minimum absolute atomic E-state index is 0. The van der Waals surface area contributed by atoms with E-state index in [2.05, 4.69) is 27.3 Å². The highest BCUT2D eigenvalue weighted by Gasteiger charge is 2.36. The smallest absolute Gasteiger partial charge is 0.0397 e. The number of hydrogen-bond donors (Lipinski definition) is 1. The summed E-state index contributed by atoms with van der Waals surface area (Å²) in [6.07, 6.45) is 7.81. The molecule has 2 fully saturated rings. The van der Waals surface area contributed by atoms with E-state index in [1.54, 1.807) is 0 Å². The molecule has 0 unspecified atom stereocenters. The lowest BCUT2D eigenvalue weighted by molar-refractivity contribution is 0.247. The van der Waals surface area contributed by atoms with Crippen molar-refractivity contribution in [3.63, 3.8) is 0 Å². The van der Waals surface area contributed by atoms with Crippen molar-refractivity contribution in [2.45, 2.75) is 19.3 Å². The van der Waals surface area contributed by atoms with Crippen molar-refractivity contribution in [1.82, 2.24) is 10.3 Å². The van der Waals surface area contributed by atoms with Gasteiger partial charge in [-0.15, -0.1) is 12.4 Å². The van der Waals surface area contributed by atoms with Gasteiger partial charge in [0.2, 0.25) is 0 Å². The topological polar surface area (TPSA) is 28.2 Å². The van der Waals surface area contributed by atoms with E-state index in [-0.39, 0.29) is 12.4 Å². The van der Waals surface area contributed by atoms with Crippen molar-refractivity contribution in [3.05, 3.63) is 24.5 Å². The van der Waals surface area contributed by atoms with Gasteiger partial charge in [-0.3, -0.25) is 4.98 Å². The molecule has 2 saturated heterocycles. The Morgan fingerprint density at radius 2 is 1.82 bits per heavy atom. The van der Waals surface area contributed by atoms with Crippen LogP contribution < -0.4 is 10.2 Å². The van der Waals surface area contributed by atoms with Gasteiger partial charge in [-0.05, 0) is 43.4 Å². The zero-order valence-corrected chi connectivity index (χ0v) is 10.9. The molecular formula is C13H20ClN3. The average Bonchev–Trinajstić information content (AvgIpc) is 2.80. The minimum Gasteiger partial charge on any atom is -0.371 e. The monoisotopic (exact) mass is 253 g/mol. The summed E-state index contributed by atoms with van der Waals surface area (Å²) in [6.45, 7) is 4.85. The molecule has 1 spiro atoms. The average molecular weight is 254 g/mol. The van der Waals surface area contributed by atoms with E-state index in [1.807, 2.05) is 12.4 Å². The molecule has 1 N–H and O–H groups in total. The standard InChI is InChI=1S/C13H19N3.ClH/c1-6-14-7-2-12(1)16-9-4-13(5-10-16)3-8-15-11-13;/h1-2,6-7,15H,3-5,8-11H2;1H. The molecule has 3 rings (SSSR count). The van der Waals surface area contributed by atoms with Crippen molar-refractivity contribution < 1.29 is 0 Å². The van der Waals surface area contributed by atoms with E-state index in [9.17, 15) is 0 Å². The van der Waals surface area contributed by atoms with Crippen LogP contribution in [0, 0.1) is 5.41 Å². The van der Waals surface area contributed by atoms with Crippen LogP contribution in [-0.4, -0.2) is 31.2 Å². The van der Waals surface area contributed by atoms with Gasteiger partial charge in [0.25, 0.3) is 0 Å². The molecular weight excluding hydrogens is 234 g/mol. The number of aromatic nitrogens is 1. The number of nitrogens with one attached hydrogen (secondary N) is 1. The number of hydrogen-bond acceptors (Lipinski definition) is 3. The molecule has 4 heteroatoms. The predicted molar refractivity (Wildman–Crippen MR) is 72.9 cm³/mol. The minimum atomic E-state index is 0. The second-order valence-electron chi connectivity index (χ2n) is 5.12. The van der Waals surface area contributed by atoms with Crippen molar-refractivity contribution in [3.8, 4) is 0 Å². The number of halogens is 1. The molecule has 1 aromatic heterocycles. The molecule has 2 aliphatic heterocycles. The summed E-state index contributed by atoms with van der Waals surface area (Å²) in [5, 5.41) is 3.51. The second kappa shape index (κ2) is 5.23. The van der Waals surface area contributed by atoms with Crippen LogP contribution in [0.3, 0.4) is 0 Å². The molecule has 94 valence electrons. The van der Waals surface area contributed by atoms with Gasteiger partial charge in [0.15, 0.2) is 0 Å². The van der Waals surface area contributed by atoms with Crippen LogP contribution in [0.1, 0.15) is 19.3 Å². The lowest BCUT2D eigenvalue weighted by Crippen LogP contribution is -2.41. The maximum atomic E-state index is 4.07. The Morgan fingerprint density at radius 3 is 2.41 bits per heavy atom. The molecule has 1 aromatic rings. The zero-order valence-electron chi connectivity index (χ0n) is 10.1. The fraction of sp³-hybridized carbons (Fsp3) is 0.615. The van der Waals surface area contributed by atoms with Crippen LogP contribution in [0.15, 0.2) is 24.5 Å². The number of pyridine rings is 1. The largest absolute Gasteiger partial charge is 0.371 e. The Bertz CT molecular complexity index is 339. The molecule has 0 bridgehead atoms. The molecule has 0 aromatic carbocycles. The first-order valence-corrected chi connectivity index (χ1v) is 6.24. The molecule has 0 saturated carbocycles. The molecule has 17 heavy (non-hydrogen) atoms. The molecule has 0 atom stereocenters. The molecule has 2 aliphatic rings. The number of rotatable bonds is 1. The third-order valence-electron chi connectivity index (χ3n) is 4.18. The van der Waals surface area contributed by atoms with E-state index < -0.39 is 0 Å². The van der Waals surface area contributed by atoms with Gasteiger partial charge >= 0.3 is 0 Å². The van der Waals surface area contributed by atoms with Crippen LogP contribution >= 0.6 is 12.4 Å². The molecule has 0 amide bonds. The SMILES string of the molecule is Cl.c1cc(N2CCC3(CCNC3)CC2)ccn1. The van der Waals surface area contributed by atoms with Gasteiger partial charge in [0, 0.05) is 37.7 Å². The summed E-state index contributed by atoms with van der Waals surface area (Å²) in [6, 6.07) is 4.23. The first-order valence-electron chi connectivity index (χ1n) is 6.24. The lowest BCUT2D eigenvalue weighted by Gasteiger charge is -2.40. The summed E-state index contributed by atoms with van der Waals surface area (Å²) in [4.78, 5) is 6.57. The third-order valence-corrected chi connectivity index (χ3v) is 4.18. The quantitative estimate of drug-likeness (QED) is 0.831. The summed E-state index contributed by atoms with van der Waals surface area (Å²) in [7, 11) is 0. The van der Waals surface area contributed by atoms with Gasteiger partial charge in [-0.25, -0.2) is 0 Å². The van der Waals surface area contributed by atoms with Gasteiger partial charge in [-0.2, -0.15) is 0 Å².